The van der Waals surface area contributed by atoms with E-state index in [4.69, 9.17) is 4.42 Å². The number of hydrogen-bond acceptors (Lipinski definition) is 5. The van der Waals surface area contributed by atoms with Crippen molar-refractivity contribution in [3.63, 3.8) is 0 Å². The molecule has 0 bridgehead atoms. The zero-order valence-electron chi connectivity index (χ0n) is 9.82. The molecule has 6 nitrogen and oxygen atoms in total. The molecule has 3 heterocycles. The predicted molar refractivity (Wildman–Crippen MR) is 77.9 cm³/mol. The van der Waals surface area contributed by atoms with Gasteiger partial charge in [-0.25, -0.2) is 14.6 Å². The van der Waals surface area contributed by atoms with Crippen molar-refractivity contribution in [3.05, 3.63) is 52.6 Å². The molecule has 0 saturated carbocycles. The van der Waals surface area contributed by atoms with Gasteiger partial charge in [-0.1, -0.05) is 0 Å². The summed E-state index contributed by atoms with van der Waals surface area (Å²) in [5, 5.41) is 7.37. The normalized spacial score (nSPS) is 10.6. The minimum Gasteiger partial charge on any atom is -0.454 e. The second-order valence-electron chi connectivity index (χ2n) is 3.77. The van der Waals surface area contributed by atoms with Crippen molar-refractivity contribution in [2.75, 3.05) is 5.32 Å². The van der Waals surface area contributed by atoms with Gasteiger partial charge in [0.25, 0.3) is 0 Å². The summed E-state index contributed by atoms with van der Waals surface area (Å²) in [6.07, 6.45) is 4.81. The monoisotopic (exact) mass is 367 g/mol. The molecule has 0 atom stereocenters. The highest BCUT2D eigenvalue weighted by Crippen LogP contribution is 2.18. The molecule has 1 N–H and O–H groups in total. The lowest BCUT2D eigenvalue weighted by molar-refractivity contribution is 0.493. The third kappa shape index (κ3) is 2.75. The number of aromatic nitrogens is 4. The maximum absolute atomic E-state index is 5.50. The van der Waals surface area contributed by atoms with Gasteiger partial charge in [0, 0.05) is 6.20 Å². The third-order valence-corrected chi connectivity index (χ3v) is 3.08. The number of halogens is 1. The molecule has 0 unspecified atom stereocenters. The molecule has 0 amide bonds. The van der Waals surface area contributed by atoms with E-state index in [0.29, 0.717) is 12.4 Å². The molecule has 0 fully saturated rings. The molecule has 3 aromatic rings. The predicted octanol–water partition coefficient (Wildman–Crippen LogP) is 2.47. The van der Waals surface area contributed by atoms with Crippen molar-refractivity contribution in [3.8, 4) is 5.82 Å². The lowest BCUT2D eigenvalue weighted by Gasteiger charge is -2.09. The second-order valence-corrected chi connectivity index (χ2v) is 4.84. The Balaban J connectivity index is 1.81. The van der Waals surface area contributed by atoms with Crippen LogP contribution in [0, 0.1) is 3.77 Å². The van der Waals surface area contributed by atoms with Crippen LogP contribution in [0.4, 0.5) is 5.69 Å². The topological polar surface area (TPSA) is 68.8 Å². The molecule has 0 aliphatic carbocycles. The molecule has 7 heteroatoms. The first kappa shape index (κ1) is 12.2. The van der Waals surface area contributed by atoms with Gasteiger partial charge in [0.2, 0.25) is 0 Å². The minimum atomic E-state index is 0.594. The fourth-order valence-electron chi connectivity index (χ4n) is 1.66. The molecule has 0 aliphatic rings. The zero-order chi connectivity index (χ0) is 13.1. The summed E-state index contributed by atoms with van der Waals surface area (Å²) < 4.78 is 8.00. The second kappa shape index (κ2) is 5.39. The Morgan fingerprint density at radius 3 is 3.00 bits per heavy atom. The van der Waals surface area contributed by atoms with E-state index in [1.165, 1.54) is 6.33 Å². The summed E-state index contributed by atoms with van der Waals surface area (Å²) in [5.74, 6) is 1.58. The van der Waals surface area contributed by atoms with E-state index in [0.717, 1.165) is 15.2 Å². The molecule has 19 heavy (non-hydrogen) atoms. The van der Waals surface area contributed by atoms with E-state index in [1.54, 1.807) is 17.2 Å². The Kier molecular flexibility index (Phi) is 3.45. The Morgan fingerprint density at radius 1 is 1.32 bits per heavy atom. The molecule has 96 valence electrons. The number of pyridine rings is 1. The summed E-state index contributed by atoms with van der Waals surface area (Å²) in [4.78, 5) is 8.23. The average molecular weight is 367 g/mol. The highest BCUT2D eigenvalue weighted by Gasteiger charge is 2.07. The van der Waals surface area contributed by atoms with Crippen molar-refractivity contribution in [2.45, 2.75) is 6.54 Å². The van der Waals surface area contributed by atoms with Crippen LogP contribution in [-0.4, -0.2) is 19.7 Å². The average Bonchev–Trinajstić information content (AvgIpc) is 3.08. The maximum atomic E-state index is 5.50. The van der Waals surface area contributed by atoms with Gasteiger partial charge >= 0.3 is 0 Å². The van der Waals surface area contributed by atoms with Crippen LogP contribution in [0.15, 0.2) is 47.5 Å². The summed E-state index contributed by atoms with van der Waals surface area (Å²) in [6, 6.07) is 7.69. The van der Waals surface area contributed by atoms with Gasteiger partial charge in [-0.3, -0.25) is 0 Å². The highest BCUT2D eigenvalue weighted by atomic mass is 127. The van der Waals surface area contributed by atoms with Crippen LogP contribution in [-0.2, 0) is 6.54 Å². The summed E-state index contributed by atoms with van der Waals surface area (Å²) >= 11 is 2.14. The Hall–Kier alpha value is -1.90. The summed E-state index contributed by atoms with van der Waals surface area (Å²) in [5.41, 5.74) is 0.874. The molecule has 3 aromatic heterocycles. The summed E-state index contributed by atoms with van der Waals surface area (Å²) in [7, 11) is 0. The quantitative estimate of drug-likeness (QED) is 0.718. The lowest BCUT2D eigenvalue weighted by atomic mass is 10.3. The van der Waals surface area contributed by atoms with Crippen molar-refractivity contribution in [1.82, 2.24) is 19.7 Å². The van der Waals surface area contributed by atoms with Crippen LogP contribution in [0.25, 0.3) is 5.82 Å². The fraction of sp³-hybridized carbons (Fsp3) is 0.0833. The van der Waals surface area contributed by atoms with Gasteiger partial charge in [0.05, 0.1) is 12.2 Å². The number of furan rings is 1. The van der Waals surface area contributed by atoms with Crippen LogP contribution in [0.5, 0.6) is 0 Å². The zero-order valence-corrected chi connectivity index (χ0v) is 12.0. The number of hydrogen-bond donors (Lipinski definition) is 1. The van der Waals surface area contributed by atoms with Crippen LogP contribution in [0.2, 0.25) is 0 Å². The van der Waals surface area contributed by atoms with Crippen LogP contribution >= 0.6 is 22.6 Å². The first-order chi connectivity index (χ1) is 9.33. The first-order valence-electron chi connectivity index (χ1n) is 5.61. The maximum Gasteiger partial charge on any atom is 0.178 e. The molecule has 0 saturated heterocycles. The number of nitrogens with zero attached hydrogens (tertiary/aromatic N) is 4. The van der Waals surface area contributed by atoms with Gasteiger partial charge in [-0.2, -0.15) is 5.10 Å². The number of anilines is 1. The molecular formula is C12H10IN5O. The van der Waals surface area contributed by atoms with E-state index in [9.17, 15) is 0 Å². The lowest BCUT2D eigenvalue weighted by Crippen LogP contribution is -2.06. The highest BCUT2D eigenvalue weighted by molar-refractivity contribution is 14.1. The fourth-order valence-corrected chi connectivity index (χ4v) is 2.13. The van der Waals surface area contributed by atoms with Crippen molar-refractivity contribution >= 4 is 28.3 Å². The van der Waals surface area contributed by atoms with E-state index in [2.05, 4.69) is 43.0 Å². The van der Waals surface area contributed by atoms with Gasteiger partial charge in [-0.15, -0.1) is 0 Å². The molecule has 0 aromatic carbocycles. The Morgan fingerprint density at radius 2 is 2.26 bits per heavy atom. The Bertz CT molecular complexity index is 664. The van der Waals surface area contributed by atoms with Crippen LogP contribution < -0.4 is 5.32 Å². The SMILES string of the molecule is Ic1ccc(CNc2cccnc2-n2cncn2)o1. The van der Waals surface area contributed by atoms with Crippen LogP contribution in [0.3, 0.4) is 0 Å². The number of rotatable bonds is 4. The van der Waals surface area contributed by atoms with E-state index < -0.39 is 0 Å². The van der Waals surface area contributed by atoms with Crippen molar-refractivity contribution in [2.24, 2.45) is 0 Å². The molecular weight excluding hydrogens is 357 g/mol. The van der Waals surface area contributed by atoms with Gasteiger partial charge in [0.15, 0.2) is 9.58 Å². The van der Waals surface area contributed by atoms with E-state index >= 15 is 0 Å². The standard InChI is InChI=1S/C12H10IN5O/c13-11-4-3-9(19-11)6-16-10-2-1-5-15-12(10)18-8-14-7-17-18/h1-5,7-8,16H,6H2. The van der Waals surface area contributed by atoms with Crippen LogP contribution in [0.1, 0.15) is 5.76 Å². The first-order valence-corrected chi connectivity index (χ1v) is 6.69. The smallest absolute Gasteiger partial charge is 0.178 e. The Labute approximate surface area is 123 Å². The van der Waals surface area contributed by atoms with E-state index in [-0.39, 0.29) is 0 Å². The molecule has 0 aliphatic heterocycles. The van der Waals surface area contributed by atoms with Gasteiger partial charge < -0.3 is 9.73 Å². The molecule has 0 radical (unpaired) electrons. The van der Waals surface area contributed by atoms with Crippen molar-refractivity contribution in [1.29, 1.82) is 0 Å². The molecule has 3 rings (SSSR count). The minimum absolute atomic E-state index is 0.594. The molecule has 0 spiro atoms. The van der Waals surface area contributed by atoms with Crippen molar-refractivity contribution < 1.29 is 4.42 Å². The van der Waals surface area contributed by atoms with E-state index in [1.807, 2.05) is 24.3 Å². The van der Waals surface area contributed by atoms with Gasteiger partial charge in [-0.05, 0) is 46.9 Å². The number of nitrogens with one attached hydrogen (secondary N) is 1. The third-order valence-electron chi connectivity index (χ3n) is 2.50. The summed E-state index contributed by atoms with van der Waals surface area (Å²) in [6.45, 7) is 0.594. The largest absolute Gasteiger partial charge is 0.454 e. The van der Waals surface area contributed by atoms with Gasteiger partial charge in [0.1, 0.15) is 18.4 Å².